The molecule has 10 heteroatoms. The first kappa shape index (κ1) is 28.8. The second-order valence-electron chi connectivity index (χ2n) is 10.3. The lowest BCUT2D eigenvalue weighted by Gasteiger charge is -2.40. The van der Waals surface area contributed by atoms with Gasteiger partial charge in [0, 0.05) is 0 Å². The molecule has 5 rings (SSSR count). The Morgan fingerprint density at radius 1 is 0.450 bits per heavy atom. The highest BCUT2D eigenvalue weighted by Gasteiger charge is 2.45. The molecule has 10 atom stereocenters. The van der Waals surface area contributed by atoms with Gasteiger partial charge in [-0.2, -0.15) is 0 Å². The van der Waals surface area contributed by atoms with E-state index in [4.69, 9.17) is 9.47 Å². The van der Waals surface area contributed by atoms with Crippen LogP contribution in [-0.4, -0.2) is 103 Å². The molecule has 2 heterocycles. The lowest BCUT2D eigenvalue weighted by molar-refractivity contribution is -0.231. The van der Waals surface area contributed by atoms with Crippen LogP contribution in [0.5, 0.6) is 0 Å². The van der Waals surface area contributed by atoms with Crippen LogP contribution in [0.15, 0.2) is 72.8 Å². The van der Waals surface area contributed by atoms with Crippen molar-refractivity contribution in [3.8, 4) is 22.3 Å². The van der Waals surface area contributed by atoms with E-state index in [0.29, 0.717) is 11.1 Å². The lowest BCUT2D eigenvalue weighted by Crippen LogP contribution is -2.55. The summed E-state index contributed by atoms with van der Waals surface area (Å²) in [6.07, 6.45) is -12.4. The molecule has 40 heavy (non-hydrogen) atoms. The third-order valence-electron chi connectivity index (χ3n) is 7.77. The minimum Gasteiger partial charge on any atom is -0.394 e. The van der Waals surface area contributed by atoms with Crippen LogP contribution < -0.4 is 0 Å². The van der Waals surface area contributed by atoms with Crippen molar-refractivity contribution in [2.45, 2.75) is 61.0 Å². The van der Waals surface area contributed by atoms with Crippen LogP contribution in [0.25, 0.3) is 22.3 Å². The molecule has 0 spiro atoms. The predicted octanol–water partition coefficient (Wildman–Crippen LogP) is 0.0504. The molecule has 0 unspecified atom stereocenters. The molecule has 0 aliphatic carbocycles. The van der Waals surface area contributed by atoms with Crippen molar-refractivity contribution in [3.63, 3.8) is 0 Å². The molecule has 0 saturated carbocycles. The molecule has 3 aromatic rings. The molecule has 2 saturated heterocycles. The van der Waals surface area contributed by atoms with Gasteiger partial charge in [0.25, 0.3) is 0 Å². The highest BCUT2D eigenvalue weighted by atomic mass is 16.6. The van der Waals surface area contributed by atoms with E-state index >= 15 is 0 Å². The summed E-state index contributed by atoms with van der Waals surface area (Å²) in [6, 6.07) is 22.2. The zero-order valence-corrected chi connectivity index (χ0v) is 21.5. The normalized spacial score (nSPS) is 34.5. The molecule has 3 aromatic carbocycles. The van der Waals surface area contributed by atoms with Gasteiger partial charge >= 0.3 is 0 Å². The number of rotatable bonds is 6. The van der Waals surface area contributed by atoms with Crippen molar-refractivity contribution in [2.24, 2.45) is 0 Å². The number of hydrogen-bond donors (Lipinski definition) is 8. The molecular weight excluding hydrogens is 520 g/mol. The molecule has 0 amide bonds. The molecule has 2 aliphatic heterocycles. The minimum atomic E-state index is -1.46. The Labute approximate surface area is 230 Å². The van der Waals surface area contributed by atoms with E-state index in [1.807, 2.05) is 48.5 Å². The first-order valence-electron chi connectivity index (χ1n) is 13.1. The first-order valence-corrected chi connectivity index (χ1v) is 13.1. The Bertz CT molecular complexity index is 1180. The molecule has 2 aliphatic rings. The minimum absolute atomic E-state index is 0.500. The third kappa shape index (κ3) is 5.44. The Morgan fingerprint density at radius 3 is 1.18 bits per heavy atom. The maximum Gasteiger partial charge on any atom is 0.113 e. The van der Waals surface area contributed by atoms with E-state index in [2.05, 4.69) is 0 Å². The van der Waals surface area contributed by atoms with Gasteiger partial charge in [-0.25, -0.2) is 0 Å². The van der Waals surface area contributed by atoms with E-state index in [0.717, 1.165) is 22.3 Å². The maximum absolute atomic E-state index is 10.5. The van der Waals surface area contributed by atoms with E-state index < -0.39 is 74.3 Å². The number of aliphatic hydroxyl groups excluding tert-OH is 8. The average Bonchev–Trinajstić information content (AvgIpc) is 2.99. The lowest BCUT2D eigenvalue weighted by atomic mass is 9.89. The standard InChI is InChI=1S/C30H34O10/c31-13-21-23(33)25(35)27(37)29(39-21)19-5-1-3-17(11-19)15-7-9-16(10-8-15)18-4-2-6-20(12-18)30-28(38)26(36)24(34)22(14-32)40-30/h1-12,21-38H,13-14H2/t21-,22-,23-,24-,25+,26+,27-,28+,29-,30-/m1/s1. The van der Waals surface area contributed by atoms with Crippen LogP contribution in [0.4, 0.5) is 0 Å². The topological polar surface area (TPSA) is 180 Å². The number of aliphatic hydroxyl groups is 8. The number of ether oxygens (including phenoxy) is 2. The highest BCUT2D eigenvalue weighted by molar-refractivity contribution is 5.71. The van der Waals surface area contributed by atoms with Gasteiger partial charge in [-0.3, -0.25) is 0 Å². The summed E-state index contributed by atoms with van der Waals surface area (Å²) in [5.41, 5.74) is 4.59. The van der Waals surface area contributed by atoms with Crippen LogP contribution in [0, 0.1) is 0 Å². The third-order valence-corrected chi connectivity index (χ3v) is 7.77. The van der Waals surface area contributed by atoms with E-state index in [1.54, 1.807) is 24.3 Å². The largest absolute Gasteiger partial charge is 0.394 e. The fourth-order valence-corrected chi connectivity index (χ4v) is 5.40. The van der Waals surface area contributed by atoms with E-state index in [1.165, 1.54) is 0 Å². The van der Waals surface area contributed by atoms with Gasteiger partial charge in [-0.1, -0.05) is 60.7 Å². The second kappa shape index (κ2) is 12.0. The van der Waals surface area contributed by atoms with Crippen molar-refractivity contribution >= 4 is 0 Å². The summed E-state index contributed by atoms with van der Waals surface area (Å²) < 4.78 is 11.4. The number of hydrogen-bond acceptors (Lipinski definition) is 10. The van der Waals surface area contributed by atoms with Gasteiger partial charge in [0.2, 0.25) is 0 Å². The van der Waals surface area contributed by atoms with Gasteiger partial charge < -0.3 is 50.3 Å². The summed E-state index contributed by atoms with van der Waals surface area (Å²) in [7, 11) is 0. The van der Waals surface area contributed by atoms with Crippen LogP contribution in [0.2, 0.25) is 0 Å². The molecule has 8 N–H and O–H groups in total. The van der Waals surface area contributed by atoms with Gasteiger partial charge in [-0.15, -0.1) is 0 Å². The molecule has 2 fully saturated rings. The molecular formula is C30H34O10. The summed E-state index contributed by atoms with van der Waals surface area (Å²) >= 11 is 0. The van der Waals surface area contributed by atoms with Crippen molar-refractivity contribution in [1.82, 2.24) is 0 Å². The van der Waals surface area contributed by atoms with Crippen molar-refractivity contribution in [2.75, 3.05) is 13.2 Å². The van der Waals surface area contributed by atoms with Crippen LogP contribution in [-0.2, 0) is 9.47 Å². The zero-order valence-electron chi connectivity index (χ0n) is 21.5. The maximum atomic E-state index is 10.5. The quantitative estimate of drug-likeness (QED) is 0.207. The Balaban J connectivity index is 1.36. The first-order chi connectivity index (χ1) is 19.2. The Hall–Kier alpha value is -2.74. The number of benzene rings is 3. The molecule has 0 bridgehead atoms. The van der Waals surface area contributed by atoms with E-state index in [9.17, 15) is 40.9 Å². The average molecular weight is 555 g/mol. The van der Waals surface area contributed by atoms with Crippen molar-refractivity contribution in [1.29, 1.82) is 0 Å². The van der Waals surface area contributed by atoms with Crippen LogP contribution in [0.3, 0.4) is 0 Å². The molecule has 0 aromatic heterocycles. The van der Waals surface area contributed by atoms with Gasteiger partial charge in [0.15, 0.2) is 0 Å². The van der Waals surface area contributed by atoms with Crippen LogP contribution in [0.1, 0.15) is 23.3 Å². The second-order valence-corrected chi connectivity index (χ2v) is 10.3. The summed E-state index contributed by atoms with van der Waals surface area (Å²) in [5, 5.41) is 80.5. The highest BCUT2D eigenvalue weighted by Crippen LogP contribution is 2.36. The monoisotopic (exact) mass is 554 g/mol. The summed E-state index contributed by atoms with van der Waals surface area (Å²) in [4.78, 5) is 0. The summed E-state index contributed by atoms with van der Waals surface area (Å²) in [6.45, 7) is -1.000. The van der Waals surface area contributed by atoms with Gasteiger partial charge in [0.1, 0.15) is 61.0 Å². The smallest absolute Gasteiger partial charge is 0.113 e. The molecule has 214 valence electrons. The van der Waals surface area contributed by atoms with Crippen LogP contribution >= 0.6 is 0 Å². The van der Waals surface area contributed by atoms with Crippen molar-refractivity contribution < 1.29 is 50.3 Å². The predicted molar refractivity (Wildman–Crippen MR) is 143 cm³/mol. The van der Waals surface area contributed by atoms with Gasteiger partial charge in [-0.05, 0) is 45.5 Å². The van der Waals surface area contributed by atoms with Crippen molar-refractivity contribution in [3.05, 3.63) is 83.9 Å². The molecule has 0 radical (unpaired) electrons. The SMILES string of the molecule is OC[C@H]1O[C@H](c2cccc(-c3ccc(-c4cccc([C@H]5O[C@H](CO)[C@@H](O)[C@H](O)[C@@H]5O)c4)cc3)c2)[C@H](O)[C@@H](O)[C@@H]1O. The molecule has 10 nitrogen and oxygen atoms in total. The Kier molecular flexibility index (Phi) is 8.64. The van der Waals surface area contributed by atoms with Gasteiger partial charge in [0.05, 0.1) is 13.2 Å². The summed E-state index contributed by atoms with van der Waals surface area (Å²) in [5.74, 6) is 0. The fraction of sp³-hybridized carbons (Fsp3) is 0.400. The zero-order chi connectivity index (χ0) is 28.6. The Morgan fingerprint density at radius 2 is 0.825 bits per heavy atom. The van der Waals surface area contributed by atoms with E-state index in [-0.39, 0.29) is 0 Å². The fourth-order valence-electron chi connectivity index (χ4n) is 5.40.